The van der Waals surface area contributed by atoms with Crippen molar-refractivity contribution in [2.24, 2.45) is 0 Å². The van der Waals surface area contributed by atoms with Crippen LogP contribution in [0.3, 0.4) is 0 Å². The van der Waals surface area contributed by atoms with Gasteiger partial charge in [0.25, 0.3) is 5.91 Å². The third kappa shape index (κ3) is 3.91. The summed E-state index contributed by atoms with van der Waals surface area (Å²) < 4.78 is 30.5. The number of aromatic hydroxyl groups is 1. The lowest BCUT2D eigenvalue weighted by molar-refractivity contribution is -0.133. The quantitative estimate of drug-likeness (QED) is 0.370. The van der Waals surface area contributed by atoms with Crippen molar-refractivity contribution in [3.05, 3.63) is 71.4 Å². The first kappa shape index (κ1) is 24.4. The maximum absolute atomic E-state index is 13.9. The van der Waals surface area contributed by atoms with Gasteiger partial charge in [-0.2, -0.15) is 8.78 Å². The SMILES string of the molecule is CC12Cc3c([nH]c4ccc(OC(F)F)cc34)C(c3cccc(O)c3)N1C(=O)N(CCN1CC=CCC1)C2=O. The van der Waals surface area contributed by atoms with Crippen LogP contribution < -0.4 is 4.74 Å². The van der Waals surface area contributed by atoms with Gasteiger partial charge in [0.05, 0.1) is 0 Å². The monoisotopic (exact) mass is 522 g/mol. The van der Waals surface area contributed by atoms with Crippen LogP contribution in [0.25, 0.3) is 10.9 Å². The van der Waals surface area contributed by atoms with Gasteiger partial charge in [-0.05, 0) is 54.8 Å². The molecule has 3 aliphatic heterocycles. The molecule has 2 unspecified atom stereocenters. The average Bonchev–Trinajstić information content (AvgIpc) is 3.33. The van der Waals surface area contributed by atoms with E-state index >= 15 is 0 Å². The summed E-state index contributed by atoms with van der Waals surface area (Å²) in [6, 6.07) is 10.2. The van der Waals surface area contributed by atoms with Crippen LogP contribution in [0.4, 0.5) is 13.6 Å². The number of hydrogen-bond donors (Lipinski definition) is 2. The first-order valence-corrected chi connectivity index (χ1v) is 12.7. The Balaban J connectivity index is 1.44. The van der Waals surface area contributed by atoms with Crippen molar-refractivity contribution in [1.82, 2.24) is 19.7 Å². The number of imide groups is 1. The number of halogens is 2. The van der Waals surface area contributed by atoms with Crippen molar-refractivity contribution in [3.8, 4) is 11.5 Å². The van der Waals surface area contributed by atoms with Crippen molar-refractivity contribution in [3.63, 3.8) is 0 Å². The van der Waals surface area contributed by atoms with E-state index in [4.69, 9.17) is 0 Å². The number of phenolic OH excluding ortho intramolecular Hbond substituents is 1. The molecule has 6 rings (SSSR count). The van der Waals surface area contributed by atoms with E-state index in [1.807, 2.05) is 0 Å². The summed E-state index contributed by atoms with van der Waals surface area (Å²) in [6.45, 7) is 1.29. The number of nitrogens with one attached hydrogen (secondary N) is 1. The van der Waals surface area contributed by atoms with Gasteiger partial charge >= 0.3 is 12.6 Å². The van der Waals surface area contributed by atoms with Crippen LogP contribution in [0, 0.1) is 0 Å². The van der Waals surface area contributed by atoms with Crippen molar-refractivity contribution in [2.75, 3.05) is 26.2 Å². The molecule has 10 heteroatoms. The number of alkyl halides is 2. The summed E-state index contributed by atoms with van der Waals surface area (Å²) in [4.78, 5) is 36.3. The second-order valence-corrected chi connectivity index (χ2v) is 10.2. The molecular weight excluding hydrogens is 494 g/mol. The number of amides is 3. The number of benzene rings is 2. The number of hydrogen-bond acceptors (Lipinski definition) is 5. The lowest BCUT2D eigenvalue weighted by atomic mass is 9.81. The molecular formula is C28H28F2N4O4. The third-order valence-corrected chi connectivity index (χ3v) is 7.83. The minimum absolute atomic E-state index is 0.0156. The molecule has 2 N–H and O–H groups in total. The summed E-state index contributed by atoms with van der Waals surface area (Å²) in [6.07, 6.45) is 5.36. The van der Waals surface area contributed by atoms with E-state index in [-0.39, 0.29) is 36.4 Å². The van der Waals surface area contributed by atoms with Gasteiger partial charge in [-0.15, -0.1) is 0 Å². The highest BCUT2D eigenvalue weighted by atomic mass is 19.3. The van der Waals surface area contributed by atoms with E-state index < -0.39 is 18.2 Å². The smallest absolute Gasteiger partial charge is 0.387 e. The number of H-pyrrole nitrogens is 1. The summed E-state index contributed by atoms with van der Waals surface area (Å²) in [7, 11) is 0. The average molecular weight is 523 g/mol. The molecule has 1 aromatic heterocycles. The molecule has 2 aromatic carbocycles. The fourth-order valence-electron chi connectivity index (χ4n) is 6.04. The molecule has 1 fully saturated rings. The van der Waals surface area contributed by atoms with Gasteiger partial charge < -0.3 is 14.8 Å². The normalized spacial score (nSPS) is 23.4. The topological polar surface area (TPSA) is 89.1 Å². The number of rotatable bonds is 6. The summed E-state index contributed by atoms with van der Waals surface area (Å²) in [5.74, 6) is -0.241. The number of fused-ring (bicyclic) bond motifs is 4. The van der Waals surface area contributed by atoms with E-state index in [1.165, 1.54) is 17.0 Å². The molecule has 3 amide bonds. The highest BCUT2D eigenvalue weighted by Crippen LogP contribution is 2.49. The number of aromatic amines is 1. The number of ether oxygens (including phenoxy) is 1. The van der Waals surface area contributed by atoms with E-state index in [0.29, 0.717) is 28.7 Å². The van der Waals surface area contributed by atoms with E-state index in [1.54, 1.807) is 42.2 Å². The summed E-state index contributed by atoms with van der Waals surface area (Å²) >= 11 is 0. The number of carbonyl (C=O) groups is 2. The Morgan fingerprint density at radius 2 is 2.00 bits per heavy atom. The van der Waals surface area contributed by atoms with Crippen LogP contribution in [0.1, 0.15) is 36.2 Å². The van der Waals surface area contributed by atoms with Crippen molar-refractivity contribution >= 4 is 22.8 Å². The summed E-state index contributed by atoms with van der Waals surface area (Å²) in [5, 5.41) is 10.9. The molecule has 0 spiro atoms. The third-order valence-electron chi connectivity index (χ3n) is 7.83. The minimum Gasteiger partial charge on any atom is -0.508 e. The Morgan fingerprint density at radius 1 is 1.16 bits per heavy atom. The fourth-order valence-corrected chi connectivity index (χ4v) is 6.04. The molecule has 198 valence electrons. The predicted octanol–water partition coefficient (Wildman–Crippen LogP) is 4.41. The van der Waals surface area contributed by atoms with Gasteiger partial charge in [0.2, 0.25) is 0 Å². The Labute approximate surface area is 218 Å². The van der Waals surface area contributed by atoms with E-state index in [0.717, 1.165) is 25.1 Å². The Kier molecular flexibility index (Phi) is 5.86. The van der Waals surface area contributed by atoms with Gasteiger partial charge in [-0.25, -0.2) is 4.79 Å². The largest absolute Gasteiger partial charge is 0.508 e. The van der Waals surface area contributed by atoms with Crippen molar-refractivity contribution in [1.29, 1.82) is 0 Å². The molecule has 8 nitrogen and oxygen atoms in total. The van der Waals surface area contributed by atoms with Gasteiger partial charge in [0.1, 0.15) is 23.1 Å². The second kappa shape index (κ2) is 9.13. The first-order valence-electron chi connectivity index (χ1n) is 12.7. The fraction of sp³-hybridized carbons (Fsp3) is 0.357. The molecule has 0 radical (unpaired) electrons. The summed E-state index contributed by atoms with van der Waals surface area (Å²) in [5.41, 5.74) is 1.56. The van der Waals surface area contributed by atoms with Gasteiger partial charge in [-0.3, -0.25) is 19.5 Å². The van der Waals surface area contributed by atoms with Crippen molar-refractivity contribution < 1.29 is 28.2 Å². The zero-order chi connectivity index (χ0) is 26.6. The molecule has 3 aromatic rings. The lowest BCUT2D eigenvalue weighted by Gasteiger charge is -2.42. The number of urea groups is 1. The molecule has 0 bridgehead atoms. The second-order valence-electron chi connectivity index (χ2n) is 10.2. The number of aromatic nitrogens is 1. The van der Waals surface area contributed by atoms with Gasteiger partial charge in [0, 0.05) is 49.2 Å². The van der Waals surface area contributed by atoms with Crippen LogP contribution in [0.2, 0.25) is 0 Å². The lowest BCUT2D eigenvalue weighted by Crippen LogP contribution is -2.53. The van der Waals surface area contributed by atoms with Gasteiger partial charge in [-0.1, -0.05) is 24.3 Å². The van der Waals surface area contributed by atoms with Crippen LogP contribution in [0.15, 0.2) is 54.6 Å². The van der Waals surface area contributed by atoms with Crippen LogP contribution >= 0.6 is 0 Å². The highest BCUT2D eigenvalue weighted by molar-refractivity contribution is 6.08. The Bertz CT molecular complexity index is 1450. The standard InChI is InChI=1S/C28H28F2N4O4/c1-28-16-21-20-15-19(38-26(29)30)8-9-22(20)31-23(21)24(17-6-5-7-18(35)14-17)34(28)27(37)33(25(28)36)13-12-32-10-3-2-4-11-32/h2-3,5-9,14-15,24,26,31,35H,4,10-13,16H2,1H3. The zero-order valence-corrected chi connectivity index (χ0v) is 20.9. The predicted molar refractivity (Wildman–Crippen MR) is 136 cm³/mol. The Hall–Kier alpha value is -3.92. The molecule has 1 saturated heterocycles. The van der Waals surface area contributed by atoms with Crippen LogP contribution in [0.5, 0.6) is 11.5 Å². The van der Waals surface area contributed by atoms with Crippen LogP contribution in [-0.4, -0.2) is 75.1 Å². The van der Waals surface area contributed by atoms with Crippen LogP contribution in [-0.2, 0) is 11.2 Å². The molecule has 3 aliphatic rings. The zero-order valence-electron chi connectivity index (χ0n) is 20.9. The highest BCUT2D eigenvalue weighted by Gasteiger charge is 2.60. The maximum Gasteiger partial charge on any atom is 0.387 e. The first-order chi connectivity index (χ1) is 18.3. The maximum atomic E-state index is 13.9. The molecule has 0 saturated carbocycles. The molecule has 2 atom stereocenters. The minimum atomic E-state index is -2.96. The van der Waals surface area contributed by atoms with E-state index in [9.17, 15) is 23.5 Å². The Morgan fingerprint density at radius 3 is 2.74 bits per heavy atom. The number of carbonyl (C=O) groups excluding carboxylic acids is 2. The number of phenols is 1. The number of nitrogens with zero attached hydrogens (tertiary/aromatic N) is 3. The van der Waals surface area contributed by atoms with E-state index in [2.05, 4.69) is 26.8 Å². The molecule has 38 heavy (non-hydrogen) atoms. The molecule has 4 heterocycles. The molecule has 0 aliphatic carbocycles. The van der Waals surface area contributed by atoms with Gasteiger partial charge in [0.15, 0.2) is 0 Å². The van der Waals surface area contributed by atoms with Crippen molar-refractivity contribution in [2.45, 2.75) is 38.0 Å².